The predicted molar refractivity (Wildman–Crippen MR) is 42.0 cm³/mol. The Hall–Kier alpha value is -1.58. The molecule has 1 heterocycles. The summed E-state index contributed by atoms with van der Waals surface area (Å²) in [6.07, 6.45) is 3.52. The van der Waals surface area contributed by atoms with E-state index in [-0.39, 0.29) is 5.76 Å². The number of hydrogen-bond acceptors (Lipinski definition) is 4. The lowest BCUT2D eigenvalue weighted by Crippen LogP contribution is -2.06. The summed E-state index contributed by atoms with van der Waals surface area (Å²) < 4.78 is 4.58. The fourth-order valence-electron chi connectivity index (χ4n) is 0.834. The highest BCUT2D eigenvalue weighted by molar-refractivity contribution is 5.99. The van der Waals surface area contributed by atoms with Gasteiger partial charge < -0.3 is 9.64 Å². The lowest BCUT2D eigenvalue weighted by Gasteiger charge is -2.03. The van der Waals surface area contributed by atoms with Crippen LogP contribution in [0.15, 0.2) is 23.6 Å². The van der Waals surface area contributed by atoms with E-state index in [0.717, 1.165) is 0 Å². The van der Waals surface area contributed by atoms with E-state index < -0.39 is 5.97 Å². The Morgan fingerprint density at radius 2 is 2.17 bits per heavy atom. The van der Waals surface area contributed by atoms with E-state index >= 15 is 0 Å². The third-order valence-electron chi connectivity index (χ3n) is 1.26. The number of nitrogens with zero attached hydrogens (tertiary/aromatic N) is 1. The first-order valence-electron chi connectivity index (χ1n) is 3.41. The minimum absolute atomic E-state index is 0.0631. The summed E-state index contributed by atoms with van der Waals surface area (Å²) in [6.45, 7) is 0. The number of carbonyl (C=O) groups is 2. The Balaban J connectivity index is 2.86. The SMILES string of the molecule is CN(C)C=C1C=C(C=O)OC1=O. The molecule has 4 nitrogen and oxygen atoms in total. The van der Waals surface area contributed by atoms with Crippen LogP contribution in [0.1, 0.15) is 0 Å². The minimum atomic E-state index is -0.481. The Labute approximate surface area is 70.1 Å². The highest BCUT2D eigenvalue weighted by atomic mass is 16.5. The normalized spacial score (nSPS) is 19.0. The van der Waals surface area contributed by atoms with Crippen molar-refractivity contribution in [2.75, 3.05) is 14.1 Å². The van der Waals surface area contributed by atoms with E-state index in [1.807, 2.05) is 0 Å². The second kappa shape index (κ2) is 3.21. The van der Waals surface area contributed by atoms with E-state index in [1.165, 1.54) is 6.08 Å². The van der Waals surface area contributed by atoms with Crippen molar-refractivity contribution in [3.05, 3.63) is 23.6 Å². The second-order valence-electron chi connectivity index (χ2n) is 2.60. The maximum absolute atomic E-state index is 11.0. The maximum atomic E-state index is 11.0. The number of cyclic esters (lactones) is 1. The molecule has 0 amide bonds. The van der Waals surface area contributed by atoms with E-state index in [1.54, 1.807) is 25.2 Å². The number of aldehydes is 1. The van der Waals surface area contributed by atoms with Crippen LogP contribution in [-0.2, 0) is 14.3 Å². The molecule has 0 aromatic carbocycles. The number of carbonyl (C=O) groups excluding carboxylic acids is 2. The Bertz CT molecular complexity index is 276. The van der Waals surface area contributed by atoms with Gasteiger partial charge >= 0.3 is 5.97 Å². The summed E-state index contributed by atoms with van der Waals surface area (Å²) >= 11 is 0. The van der Waals surface area contributed by atoms with Crippen LogP contribution in [0.5, 0.6) is 0 Å². The molecule has 0 saturated heterocycles. The molecule has 64 valence electrons. The van der Waals surface area contributed by atoms with Crippen molar-refractivity contribution in [1.29, 1.82) is 0 Å². The Kier molecular flexibility index (Phi) is 2.28. The lowest BCUT2D eigenvalue weighted by atomic mass is 10.3. The minimum Gasteiger partial charge on any atom is -0.419 e. The smallest absolute Gasteiger partial charge is 0.345 e. The molecule has 12 heavy (non-hydrogen) atoms. The summed E-state index contributed by atoms with van der Waals surface area (Å²) in [4.78, 5) is 22.9. The molecule has 0 N–H and O–H groups in total. The molecule has 0 saturated carbocycles. The van der Waals surface area contributed by atoms with Gasteiger partial charge in [-0.2, -0.15) is 0 Å². The molecule has 4 heteroatoms. The average Bonchev–Trinajstić information content (AvgIpc) is 2.31. The van der Waals surface area contributed by atoms with Gasteiger partial charge in [-0.1, -0.05) is 0 Å². The monoisotopic (exact) mass is 167 g/mol. The fraction of sp³-hybridized carbons (Fsp3) is 0.250. The number of esters is 1. The number of rotatable bonds is 2. The maximum Gasteiger partial charge on any atom is 0.345 e. The van der Waals surface area contributed by atoms with Crippen LogP contribution in [0.25, 0.3) is 0 Å². The molecule has 1 aliphatic rings. The summed E-state index contributed by atoms with van der Waals surface area (Å²) in [5.41, 5.74) is 0.391. The van der Waals surface area contributed by atoms with E-state index in [9.17, 15) is 9.59 Å². The first-order valence-corrected chi connectivity index (χ1v) is 3.41. The number of ether oxygens (including phenoxy) is 1. The summed E-state index contributed by atoms with van der Waals surface area (Å²) in [5, 5.41) is 0. The lowest BCUT2D eigenvalue weighted by molar-refractivity contribution is -0.135. The van der Waals surface area contributed by atoms with Gasteiger partial charge in [-0.15, -0.1) is 0 Å². The molecular formula is C8H9NO3. The largest absolute Gasteiger partial charge is 0.419 e. The molecule has 1 aliphatic heterocycles. The van der Waals surface area contributed by atoms with Crippen LogP contribution >= 0.6 is 0 Å². The van der Waals surface area contributed by atoms with E-state index in [4.69, 9.17) is 0 Å². The Morgan fingerprint density at radius 1 is 1.50 bits per heavy atom. The molecule has 0 aliphatic carbocycles. The number of hydrogen-bond donors (Lipinski definition) is 0. The van der Waals surface area contributed by atoms with Crippen LogP contribution in [0.3, 0.4) is 0 Å². The van der Waals surface area contributed by atoms with Gasteiger partial charge in [0.25, 0.3) is 0 Å². The van der Waals surface area contributed by atoms with Gasteiger partial charge in [0.15, 0.2) is 12.0 Å². The molecule has 0 atom stereocenters. The van der Waals surface area contributed by atoms with Crippen molar-refractivity contribution >= 4 is 12.3 Å². The fourth-order valence-corrected chi connectivity index (χ4v) is 0.834. The van der Waals surface area contributed by atoms with Gasteiger partial charge in [0, 0.05) is 26.4 Å². The van der Waals surface area contributed by atoms with Crippen molar-refractivity contribution in [3.63, 3.8) is 0 Å². The van der Waals surface area contributed by atoms with E-state index in [0.29, 0.717) is 11.9 Å². The standard InChI is InChI=1S/C8H9NO3/c1-9(2)4-6-3-7(5-10)12-8(6)11/h3-5H,1-2H3. The van der Waals surface area contributed by atoms with Crippen molar-refractivity contribution < 1.29 is 14.3 Å². The van der Waals surface area contributed by atoms with E-state index in [2.05, 4.69) is 4.74 Å². The molecule has 0 fully saturated rings. The number of allylic oxidation sites excluding steroid dienone is 1. The van der Waals surface area contributed by atoms with Crippen molar-refractivity contribution in [3.8, 4) is 0 Å². The quantitative estimate of drug-likeness (QED) is 0.332. The molecule has 1 rings (SSSR count). The van der Waals surface area contributed by atoms with Crippen molar-refractivity contribution in [2.45, 2.75) is 0 Å². The van der Waals surface area contributed by atoms with Crippen LogP contribution in [0.4, 0.5) is 0 Å². The predicted octanol–water partition coefficient (Wildman–Crippen LogP) is 0.0715. The van der Waals surface area contributed by atoms with Crippen molar-refractivity contribution in [2.24, 2.45) is 0 Å². The average molecular weight is 167 g/mol. The molecule has 0 aromatic rings. The van der Waals surface area contributed by atoms with Crippen LogP contribution in [-0.4, -0.2) is 31.3 Å². The highest BCUT2D eigenvalue weighted by Crippen LogP contribution is 2.14. The van der Waals surface area contributed by atoms with Gasteiger partial charge in [-0.25, -0.2) is 4.79 Å². The second-order valence-corrected chi connectivity index (χ2v) is 2.60. The first kappa shape index (κ1) is 8.52. The highest BCUT2D eigenvalue weighted by Gasteiger charge is 2.19. The zero-order valence-corrected chi connectivity index (χ0v) is 6.90. The Morgan fingerprint density at radius 3 is 2.58 bits per heavy atom. The van der Waals surface area contributed by atoms with Gasteiger partial charge in [0.1, 0.15) is 0 Å². The van der Waals surface area contributed by atoms with Crippen LogP contribution in [0, 0.1) is 0 Å². The molecule has 0 unspecified atom stereocenters. The summed E-state index contributed by atoms with van der Waals surface area (Å²) in [5.74, 6) is -0.418. The van der Waals surface area contributed by atoms with Crippen LogP contribution in [0.2, 0.25) is 0 Å². The van der Waals surface area contributed by atoms with Gasteiger partial charge in [0.05, 0.1) is 5.57 Å². The summed E-state index contributed by atoms with van der Waals surface area (Å²) in [7, 11) is 3.57. The van der Waals surface area contributed by atoms with Gasteiger partial charge in [-0.3, -0.25) is 4.79 Å². The van der Waals surface area contributed by atoms with Crippen LogP contribution < -0.4 is 0 Å². The molecule has 0 aromatic heterocycles. The first-order chi connectivity index (χ1) is 5.63. The molecule has 0 bridgehead atoms. The molecule has 0 spiro atoms. The zero-order chi connectivity index (χ0) is 9.14. The third kappa shape index (κ3) is 1.72. The zero-order valence-electron chi connectivity index (χ0n) is 6.90. The molecule has 0 radical (unpaired) electrons. The van der Waals surface area contributed by atoms with Gasteiger partial charge in [-0.05, 0) is 0 Å². The summed E-state index contributed by atoms with van der Waals surface area (Å²) in [6, 6.07) is 0. The van der Waals surface area contributed by atoms with Crippen molar-refractivity contribution in [1.82, 2.24) is 4.90 Å². The third-order valence-corrected chi connectivity index (χ3v) is 1.26. The topological polar surface area (TPSA) is 46.6 Å². The molecular weight excluding hydrogens is 158 g/mol. The van der Waals surface area contributed by atoms with Gasteiger partial charge in [0.2, 0.25) is 0 Å².